The van der Waals surface area contributed by atoms with E-state index in [1.165, 1.54) is 0 Å². The molecule has 0 saturated carbocycles. The minimum Gasteiger partial charge on any atom is -0.497 e. The van der Waals surface area contributed by atoms with E-state index in [4.69, 9.17) is 10.6 Å². The molecule has 104 valence electrons. The molecule has 1 heterocycles. The Balaban J connectivity index is 2.32. The van der Waals surface area contributed by atoms with Crippen LogP contribution in [0, 0.1) is 10.1 Å². The monoisotopic (exact) mass is 276 g/mol. The Morgan fingerprint density at radius 2 is 2.05 bits per heavy atom. The lowest BCUT2D eigenvalue weighted by atomic mass is 10.3. The van der Waals surface area contributed by atoms with Crippen LogP contribution >= 0.6 is 0 Å². The van der Waals surface area contributed by atoms with Gasteiger partial charge in [-0.2, -0.15) is 4.98 Å². The van der Waals surface area contributed by atoms with E-state index in [-0.39, 0.29) is 17.5 Å². The summed E-state index contributed by atoms with van der Waals surface area (Å²) in [5.41, 5.74) is 2.60. The lowest BCUT2D eigenvalue weighted by Crippen LogP contribution is -2.12. The quantitative estimate of drug-likeness (QED) is 0.425. The zero-order valence-electron chi connectivity index (χ0n) is 10.5. The molecule has 0 aliphatic heterocycles. The molecule has 1 aromatic carbocycles. The fraction of sp³-hybridized carbons (Fsp3) is 0.0909. The van der Waals surface area contributed by atoms with Crippen LogP contribution in [0.5, 0.6) is 5.75 Å². The minimum absolute atomic E-state index is 0.0446. The number of hydrogen-bond donors (Lipinski definition) is 3. The maximum absolute atomic E-state index is 10.9. The number of hydrazine groups is 1. The molecule has 0 aliphatic rings. The van der Waals surface area contributed by atoms with Gasteiger partial charge in [0.15, 0.2) is 0 Å². The zero-order valence-corrected chi connectivity index (χ0v) is 10.5. The molecule has 0 fully saturated rings. The van der Waals surface area contributed by atoms with Gasteiger partial charge in [0.2, 0.25) is 11.8 Å². The van der Waals surface area contributed by atoms with E-state index in [9.17, 15) is 10.1 Å². The summed E-state index contributed by atoms with van der Waals surface area (Å²) in [5, 5.41) is 13.8. The molecule has 4 N–H and O–H groups in total. The number of methoxy groups -OCH3 is 1. The second-order valence-corrected chi connectivity index (χ2v) is 3.68. The first-order valence-corrected chi connectivity index (χ1v) is 5.53. The van der Waals surface area contributed by atoms with E-state index in [1.54, 1.807) is 31.4 Å². The van der Waals surface area contributed by atoms with Crippen LogP contribution in [0.4, 0.5) is 23.1 Å². The molecule has 0 atom stereocenters. The van der Waals surface area contributed by atoms with Crippen LogP contribution in [-0.4, -0.2) is 22.0 Å². The number of aromatic nitrogens is 2. The third kappa shape index (κ3) is 2.90. The second kappa shape index (κ2) is 5.80. The Labute approximate surface area is 113 Å². The largest absolute Gasteiger partial charge is 0.497 e. The average molecular weight is 276 g/mol. The number of nitrogens with two attached hydrogens (primary N) is 1. The first-order valence-electron chi connectivity index (χ1n) is 5.53. The first kappa shape index (κ1) is 13.5. The Bertz CT molecular complexity index is 616. The molecule has 0 radical (unpaired) electrons. The van der Waals surface area contributed by atoms with Crippen molar-refractivity contribution in [3.8, 4) is 5.75 Å². The maximum Gasteiger partial charge on any atom is 0.329 e. The van der Waals surface area contributed by atoms with Gasteiger partial charge in [-0.25, -0.2) is 10.8 Å². The van der Waals surface area contributed by atoms with Gasteiger partial charge in [-0.1, -0.05) is 0 Å². The summed E-state index contributed by atoms with van der Waals surface area (Å²) in [6.07, 6.45) is 1.08. The fourth-order valence-corrected chi connectivity index (χ4v) is 1.48. The molecule has 2 rings (SSSR count). The maximum atomic E-state index is 10.9. The summed E-state index contributed by atoms with van der Waals surface area (Å²) in [5.74, 6) is 5.98. The van der Waals surface area contributed by atoms with Crippen molar-refractivity contribution in [3.63, 3.8) is 0 Å². The highest BCUT2D eigenvalue weighted by Gasteiger charge is 2.17. The van der Waals surface area contributed by atoms with E-state index in [1.807, 2.05) is 0 Å². The van der Waals surface area contributed by atoms with Crippen LogP contribution in [0.15, 0.2) is 30.5 Å². The predicted octanol–water partition coefficient (Wildman–Crippen LogP) is 1.42. The summed E-state index contributed by atoms with van der Waals surface area (Å²) in [7, 11) is 1.55. The van der Waals surface area contributed by atoms with Gasteiger partial charge in [-0.15, -0.1) is 0 Å². The Kier molecular flexibility index (Phi) is 3.91. The van der Waals surface area contributed by atoms with E-state index in [0.29, 0.717) is 11.4 Å². The van der Waals surface area contributed by atoms with E-state index in [2.05, 4.69) is 20.7 Å². The van der Waals surface area contributed by atoms with Crippen molar-refractivity contribution in [2.24, 2.45) is 5.84 Å². The molecule has 20 heavy (non-hydrogen) atoms. The standard InChI is InChI=1S/C11H12N6O3/c1-20-8-4-2-7(3-5-8)14-10-9(17(18)19)6-13-11(15-10)16-12/h2-6H,12H2,1H3,(H2,13,14,15,16). The van der Waals surface area contributed by atoms with Gasteiger partial charge in [0.05, 0.1) is 12.0 Å². The van der Waals surface area contributed by atoms with E-state index < -0.39 is 4.92 Å². The van der Waals surface area contributed by atoms with Crippen molar-refractivity contribution in [2.75, 3.05) is 17.9 Å². The number of nitrogens with one attached hydrogen (secondary N) is 2. The first-order chi connectivity index (χ1) is 9.63. The van der Waals surface area contributed by atoms with E-state index >= 15 is 0 Å². The van der Waals surface area contributed by atoms with Crippen LogP contribution in [0.2, 0.25) is 0 Å². The molecule has 0 saturated heterocycles. The van der Waals surface area contributed by atoms with Gasteiger partial charge in [0, 0.05) is 5.69 Å². The normalized spacial score (nSPS) is 9.90. The second-order valence-electron chi connectivity index (χ2n) is 3.68. The molecule has 0 spiro atoms. The van der Waals surface area contributed by atoms with Gasteiger partial charge >= 0.3 is 5.69 Å². The SMILES string of the molecule is COc1ccc(Nc2nc(NN)ncc2[N+](=O)[O-])cc1. The van der Waals surface area contributed by atoms with Crippen molar-refractivity contribution in [2.45, 2.75) is 0 Å². The summed E-state index contributed by atoms with van der Waals surface area (Å²) < 4.78 is 5.03. The van der Waals surface area contributed by atoms with Crippen molar-refractivity contribution in [3.05, 3.63) is 40.6 Å². The van der Waals surface area contributed by atoms with Crippen LogP contribution in [-0.2, 0) is 0 Å². The number of ether oxygens (including phenoxy) is 1. The van der Waals surface area contributed by atoms with E-state index in [0.717, 1.165) is 6.20 Å². The van der Waals surface area contributed by atoms with Crippen molar-refractivity contribution >= 4 is 23.1 Å². The van der Waals surface area contributed by atoms with Gasteiger partial charge in [-0.05, 0) is 24.3 Å². The topological polar surface area (TPSA) is 128 Å². The highest BCUT2D eigenvalue weighted by molar-refractivity contribution is 5.66. The molecule has 0 aliphatic carbocycles. The summed E-state index contributed by atoms with van der Waals surface area (Å²) in [6, 6.07) is 6.86. The predicted molar refractivity (Wildman–Crippen MR) is 72.8 cm³/mol. The highest BCUT2D eigenvalue weighted by atomic mass is 16.6. The number of nitrogens with zero attached hydrogens (tertiary/aromatic N) is 3. The van der Waals surface area contributed by atoms with Gasteiger partial charge in [0.25, 0.3) is 0 Å². The number of hydrogen-bond acceptors (Lipinski definition) is 8. The van der Waals surface area contributed by atoms with Crippen LogP contribution in [0.1, 0.15) is 0 Å². The van der Waals surface area contributed by atoms with Crippen molar-refractivity contribution < 1.29 is 9.66 Å². The van der Waals surface area contributed by atoms with Gasteiger partial charge in [0.1, 0.15) is 11.9 Å². The molecule has 1 aromatic heterocycles. The zero-order chi connectivity index (χ0) is 14.5. The Morgan fingerprint density at radius 3 is 2.60 bits per heavy atom. The fourth-order valence-electron chi connectivity index (χ4n) is 1.48. The molecular weight excluding hydrogens is 264 g/mol. The molecule has 9 nitrogen and oxygen atoms in total. The Morgan fingerprint density at radius 1 is 1.35 bits per heavy atom. The number of nitrogen functional groups attached to an aromatic ring is 1. The highest BCUT2D eigenvalue weighted by Crippen LogP contribution is 2.26. The number of anilines is 3. The van der Waals surface area contributed by atoms with Crippen molar-refractivity contribution in [1.82, 2.24) is 9.97 Å². The lowest BCUT2D eigenvalue weighted by Gasteiger charge is -2.08. The molecule has 9 heteroatoms. The third-order valence-electron chi connectivity index (χ3n) is 2.45. The van der Waals surface area contributed by atoms with Crippen molar-refractivity contribution in [1.29, 1.82) is 0 Å². The minimum atomic E-state index is -0.577. The smallest absolute Gasteiger partial charge is 0.329 e. The molecule has 0 unspecified atom stereocenters. The Hall–Kier alpha value is -2.94. The third-order valence-corrected chi connectivity index (χ3v) is 2.45. The number of rotatable bonds is 5. The van der Waals surface area contributed by atoms with Gasteiger partial charge < -0.3 is 10.1 Å². The van der Waals surface area contributed by atoms with Crippen LogP contribution < -0.4 is 21.3 Å². The molecule has 2 aromatic rings. The summed E-state index contributed by atoms with van der Waals surface area (Å²) in [4.78, 5) is 18.0. The number of nitro groups is 1. The molecule has 0 amide bonds. The van der Waals surface area contributed by atoms with Crippen LogP contribution in [0.3, 0.4) is 0 Å². The summed E-state index contributed by atoms with van der Waals surface area (Å²) in [6.45, 7) is 0. The van der Waals surface area contributed by atoms with Crippen LogP contribution in [0.25, 0.3) is 0 Å². The molecule has 0 bridgehead atoms. The number of benzene rings is 1. The lowest BCUT2D eigenvalue weighted by molar-refractivity contribution is -0.384. The summed E-state index contributed by atoms with van der Waals surface area (Å²) >= 11 is 0. The van der Waals surface area contributed by atoms with Gasteiger partial charge in [-0.3, -0.25) is 15.5 Å². The molecular formula is C11H12N6O3. The average Bonchev–Trinajstić information content (AvgIpc) is 2.47.